The molecule has 0 saturated carbocycles. The van der Waals surface area contributed by atoms with Crippen LogP contribution < -0.4 is 4.90 Å². The fourth-order valence-corrected chi connectivity index (χ4v) is 2.43. The van der Waals surface area contributed by atoms with E-state index in [9.17, 15) is 4.79 Å². The molecule has 0 aromatic carbocycles. The monoisotopic (exact) mass is 303 g/mol. The number of amides is 1. The molecule has 5 heteroatoms. The Kier molecular flexibility index (Phi) is 4.84. The lowest BCUT2D eigenvalue weighted by molar-refractivity contribution is 0.0569. The van der Waals surface area contributed by atoms with Crippen LogP contribution in [0.25, 0.3) is 0 Å². The average molecular weight is 303 g/mol. The quantitative estimate of drug-likeness (QED) is 0.853. The van der Waals surface area contributed by atoms with E-state index in [1.54, 1.807) is 11.1 Å². The van der Waals surface area contributed by atoms with Crippen molar-refractivity contribution in [3.63, 3.8) is 0 Å². The van der Waals surface area contributed by atoms with Gasteiger partial charge in [0.15, 0.2) is 0 Å². The van der Waals surface area contributed by atoms with Crippen LogP contribution in [-0.2, 0) is 4.74 Å². The van der Waals surface area contributed by atoms with Crippen LogP contribution in [0, 0.1) is 0 Å². The maximum Gasteiger partial charge on any atom is 0.416 e. The van der Waals surface area contributed by atoms with Crippen LogP contribution in [0.3, 0.4) is 0 Å². The lowest BCUT2D eigenvalue weighted by Crippen LogP contribution is -2.42. The number of hydrogen-bond donors (Lipinski definition) is 0. The van der Waals surface area contributed by atoms with Gasteiger partial charge in [0.2, 0.25) is 0 Å². The third kappa shape index (κ3) is 3.84. The Balaban J connectivity index is 2.39. The van der Waals surface area contributed by atoms with Gasteiger partial charge in [-0.2, -0.15) is 0 Å². The second-order valence-electron chi connectivity index (χ2n) is 6.75. The van der Waals surface area contributed by atoms with E-state index in [-0.39, 0.29) is 12.1 Å². The molecule has 5 nitrogen and oxygen atoms in total. The number of carbonyl (C=O) groups is 1. The molecule has 0 radical (unpaired) electrons. The number of ether oxygens (including phenoxy) is 1. The summed E-state index contributed by atoms with van der Waals surface area (Å²) in [6.45, 7) is 10.4. The first-order chi connectivity index (χ1) is 10.3. The number of aromatic nitrogens is 1. The van der Waals surface area contributed by atoms with Crippen molar-refractivity contribution >= 4 is 17.6 Å². The fourth-order valence-electron chi connectivity index (χ4n) is 2.43. The molecule has 0 bridgehead atoms. The van der Waals surface area contributed by atoms with E-state index in [1.165, 1.54) is 0 Å². The lowest BCUT2D eigenvalue weighted by atomic mass is 10.1. The molecule has 1 aliphatic rings. The number of aliphatic imine (C=N–C) groups is 1. The van der Waals surface area contributed by atoms with Crippen molar-refractivity contribution in [3.8, 4) is 0 Å². The fraction of sp³-hybridized carbons (Fsp3) is 0.588. The highest BCUT2D eigenvalue weighted by molar-refractivity contribution is 6.07. The molecule has 1 aliphatic heterocycles. The van der Waals surface area contributed by atoms with Crippen LogP contribution in [0.4, 0.5) is 10.6 Å². The third-order valence-electron chi connectivity index (χ3n) is 3.31. The van der Waals surface area contributed by atoms with Crippen LogP contribution in [0.15, 0.2) is 23.3 Å². The van der Waals surface area contributed by atoms with Crippen molar-refractivity contribution in [2.75, 3.05) is 11.4 Å². The van der Waals surface area contributed by atoms with E-state index in [1.807, 2.05) is 46.8 Å². The molecule has 0 saturated heterocycles. The van der Waals surface area contributed by atoms with Crippen LogP contribution in [0.5, 0.6) is 0 Å². The number of nitrogens with zero attached hydrogens (tertiary/aromatic N) is 3. The van der Waals surface area contributed by atoms with Gasteiger partial charge in [-0.3, -0.25) is 9.89 Å². The van der Waals surface area contributed by atoms with Crippen molar-refractivity contribution in [2.45, 2.75) is 59.1 Å². The zero-order valence-corrected chi connectivity index (χ0v) is 14.1. The molecule has 22 heavy (non-hydrogen) atoms. The Bertz CT molecular complexity index is 574. The molecule has 1 amide bonds. The highest BCUT2D eigenvalue weighted by atomic mass is 16.6. The predicted molar refractivity (Wildman–Crippen MR) is 88.7 cm³/mol. The van der Waals surface area contributed by atoms with Crippen LogP contribution in [0.2, 0.25) is 0 Å². The van der Waals surface area contributed by atoms with E-state index in [4.69, 9.17) is 4.74 Å². The molecule has 0 N–H and O–H groups in total. The summed E-state index contributed by atoms with van der Waals surface area (Å²) in [5, 5.41) is 0. The summed E-state index contributed by atoms with van der Waals surface area (Å²) < 4.78 is 5.54. The average Bonchev–Trinajstić information content (AvgIpc) is 2.90. The molecule has 0 atom stereocenters. The molecule has 0 fully saturated rings. The topological polar surface area (TPSA) is 54.8 Å². The minimum absolute atomic E-state index is 0.0505. The largest absolute Gasteiger partial charge is 0.443 e. The van der Waals surface area contributed by atoms with Gasteiger partial charge >= 0.3 is 6.09 Å². The van der Waals surface area contributed by atoms with Gasteiger partial charge in [0.05, 0.1) is 0 Å². The van der Waals surface area contributed by atoms with Gasteiger partial charge in [0.25, 0.3) is 0 Å². The predicted octanol–water partition coefficient (Wildman–Crippen LogP) is 3.81. The second-order valence-corrected chi connectivity index (χ2v) is 6.75. The SMILES string of the molecule is CC(C)N(C(=O)OC(C)(C)C)c1ncccc1C1=NCCC1. The molecule has 0 spiro atoms. The van der Waals surface area contributed by atoms with Crippen LogP contribution >= 0.6 is 0 Å². The van der Waals surface area contributed by atoms with Gasteiger partial charge < -0.3 is 4.74 Å². The summed E-state index contributed by atoms with van der Waals surface area (Å²) in [6, 6.07) is 3.81. The maximum atomic E-state index is 12.6. The van der Waals surface area contributed by atoms with E-state index >= 15 is 0 Å². The van der Waals surface area contributed by atoms with Crippen molar-refractivity contribution in [1.82, 2.24) is 4.98 Å². The van der Waals surface area contributed by atoms with E-state index in [0.29, 0.717) is 5.82 Å². The molecular formula is C17H25N3O2. The highest BCUT2D eigenvalue weighted by Gasteiger charge is 2.29. The summed E-state index contributed by atoms with van der Waals surface area (Å²) >= 11 is 0. The highest BCUT2D eigenvalue weighted by Crippen LogP contribution is 2.26. The van der Waals surface area contributed by atoms with Gasteiger partial charge in [-0.1, -0.05) is 0 Å². The van der Waals surface area contributed by atoms with Gasteiger partial charge in [0.1, 0.15) is 11.4 Å². The summed E-state index contributed by atoms with van der Waals surface area (Å²) in [7, 11) is 0. The van der Waals surface area contributed by atoms with Crippen LogP contribution in [-0.4, -0.2) is 35.0 Å². The third-order valence-corrected chi connectivity index (χ3v) is 3.31. The summed E-state index contributed by atoms with van der Waals surface area (Å²) in [4.78, 5) is 23.2. The first-order valence-electron chi connectivity index (χ1n) is 7.80. The minimum atomic E-state index is -0.538. The molecule has 120 valence electrons. The molecule has 1 aromatic rings. The van der Waals surface area contributed by atoms with Gasteiger partial charge in [0, 0.05) is 30.1 Å². The standard InChI is InChI=1S/C17H25N3O2/c1-12(2)20(16(21)22-17(3,4)5)15-13(8-6-11-19-15)14-9-7-10-18-14/h6,8,11-12H,7,9-10H2,1-5H3. The molecule has 2 heterocycles. The smallest absolute Gasteiger partial charge is 0.416 e. The van der Waals surface area contributed by atoms with Crippen molar-refractivity contribution in [2.24, 2.45) is 4.99 Å². The van der Waals surface area contributed by atoms with Crippen molar-refractivity contribution in [1.29, 1.82) is 0 Å². The van der Waals surface area contributed by atoms with E-state index < -0.39 is 5.60 Å². The molecule has 0 unspecified atom stereocenters. The first kappa shape index (κ1) is 16.5. The molecule has 2 rings (SSSR count). The Morgan fingerprint density at radius 1 is 1.36 bits per heavy atom. The van der Waals surface area contributed by atoms with E-state index in [2.05, 4.69) is 9.98 Å². The minimum Gasteiger partial charge on any atom is -0.443 e. The first-order valence-corrected chi connectivity index (χ1v) is 7.80. The number of pyridine rings is 1. The summed E-state index contributed by atoms with van der Waals surface area (Å²) in [5.41, 5.74) is 1.42. The summed E-state index contributed by atoms with van der Waals surface area (Å²) in [5.74, 6) is 0.632. The number of anilines is 1. The van der Waals surface area contributed by atoms with Crippen LogP contribution in [0.1, 0.15) is 53.0 Å². The number of rotatable bonds is 3. The van der Waals surface area contributed by atoms with Crippen molar-refractivity contribution < 1.29 is 9.53 Å². The van der Waals surface area contributed by atoms with Crippen molar-refractivity contribution in [3.05, 3.63) is 23.9 Å². The van der Waals surface area contributed by atoms with Gasteiger partial charge in [-0.15, -0.1) is 0 Å². The normalized spacial score (nSPS) is 14.9. The second kappa shape index (κ2) is 6.46. The molecule has 1 aromatic heterocycles. The number of hydrogen-bond acceptors (Lipinski definition) is 4. The zero-order chi connectivity index (χ0) is 16.3. The zero-order valence-electron chi connectivity index (χ0n) is 14.1. The number of carbonyl (C=O) groups excluding carboxylic acids is 1. The summed E-state index contributed by atoms with van der Waals surface area (Å²) in [6.07, 6.45) is 3.31. The van der Waals surface area contributed by atoms with E-state index in [0.717, 1.165) is 30.7 Å². The maximum absolute atomic E-state index is 12.6. The Hall–Kier alpha value is -1.91. The lowest BCUT2D eigenvalue weighted by Gasteiger charge is -2.30. The molecule has 0 aliphatic carbocycles. The Labute approximate surface area is 132 Å². The Morgan fingerprint density at radius 3 is 2.64 bits per heavy atom. The van der Waals surface area contributed by atoms with Gasteiger partial charge in [-0.25, -0.2) is 9.78 Å². The van der Waals surface area contributed by atoms with Gasteiger partial charge in [-0.05, 0) is 59.6 Å². The Morgan fingerprint density at radius 2 is 2.09 bits per heavy atom. The molecular weight excluding hydrogens is 278 g/mol.